The number of phenolic OH excluding ortho intramolecular Hbond substituents is 1. The molecule has 0 aromatic heterocycles. The zero-order valence-corrected chi connectivity index (χ0v) is 9.82. The molecule has 0 saturated carbocycles. The highest BCUT2D eigenvalue weighted by molar-refractivity contribution is 5.99. The molecule has 92 valence electrons. The SMILES string of the molecule is CCOC(=O)NCC(=O)c1ccc(O)c(C)c1. The van der Waals surface area contributed by atoms with E-state index < -0.39 is 6.09 Å². The second-order valence-corrected chi connectivity index (χ2v) is 3.50. The highest BCUT2D eigenvalue weighted by Gasteiger charge is 2.09. The molecular formula is C12H15NO4. The van der Waals surface area contributed by atoms with Crippen LogP contribution < -0.4 is 5.32 Å². The Balaban J connectivity index is 2.58. The van der Waals surface area contributed by atoms with Crippen molar-refractivity contribution < 1.29 is 19.4 Å². The van der Waals surface area contributed by atoms with E-state index in [1.54, 1.807) is 19.9 Å². The normalized spacial score (nSPS) is 9.76. The highest BCUT2D eigenvalue weighted by atomic mass is 16.5. The Bertz CT molecular complexity index is 429. The molecule has 0 unspecified atom stereocenters. The maximum atomic E-state index is 11.7. The Labute approximate surface area is 99.4 Å². The lowest BCUT2D eigenvalue weighted by Gasteiger charge is -2.06. The van der Waals surface area contributed by atoms with Crippen LogP contribution in [0.2, 0.25) is 0 Å². The zero-order chi connectivity index (χ0) is 12.8. The maximum absolute atomic E-state index is 11.7. The van der Waals surface area contributed by atoms with Gasteiger partial charge in [-0.1, -0.05) is 0 Å². The van der Waals surface area contributed by atoms with Gasteiger partial charge in [-0.15, -0.1) is 0 Å². The lowest BCUT2D eigenvalue weighted by Crippen LogP contribution is -2.30. The van der Waals surface area contributed by atoms with Gasteiger partial charge in [-0.2, -0.15) is 0 Å². The van der Waals surface area contributed by atoms with Gasteiger partial charge in [0.2, 0.25) is 0 Å². The number of carbonyl (C=O) groups is 2. The molecule has 1 rings (SSSR count). The van der Waals surface area contributed by atoms with Gasteiger partial charge in [0.1, 0.15) is 5.75 Å². The third-order valence-electron chi connectivity index (χ3n) is 2.19. The van der Waals surface area contributed by atoms with Crippen LogP contribution in [-0.4, -0.2) is 30.1 Å². The van der Waals surface area contributed by atoms with E-state index in [1.807, 2.05) is 0 Å². The van der Waals surface area contributed by atoms with Crippen LogP contribution in [0.25, 0.3) is 0 Å². The first-order valence-corrected chi connectivity index (χ1v) is 5.28. The fourth-order valence-corrected chi connectivity index (χ4v) is 1.27. The average Bonchev–Trinajstić information content (AvgIpc) is 2.30. The smallest absolute Gasteiger partial charge is 0.407 e. The van der Waals surface area contributed by atoms with E-state index in [-0.39, 0.29) is 24.7 Å². The van der Waals surface area contributed by atoms with Crippen molar-refractivity contribution in [1.82, 2.24) is 5.32 Å². The Hall–Kier alpha value is -2.04. The van der Waals surface area contributed by atoms with Crippen molar-refractivity contribution in [2.45, 2.75) is 13.8 Å². The van der Waals surface area contributed by atoms with E-state index in [0.29, 0.717) is 11.1 Å². The summed E-state index contributed by atoms with van der Waals surface area (Å²) in [5, 5.41) is 11.7. The molecule has 0 heterocycles. The third kappa shape index (κ3) is 3.79. The first-order valence-electron chi connectivity index (χ1n) is 5.28. The van der Waals surface area contributed by atoms with Crippen molar-refractivity contribution in [2.24, 2.45) is 0 Å². The van der Waals surface area contributed by atoms with Crippen molar-refractivity contribution in [1.29, 1.82) is 0 Å². The number of amides is 1. The predicted molar refractivity (Wildman–Crippen MR) is 62.2 cm³/mol. The minimum atomic E-state index is -0.614. The Morgan fingerprint density at radius 3 is 2.71 bits per heavy atom. The van der Waals surface area contributed by atoms with E-state index in [0.717, 1.165) is 0 Å². The number of nitrogens with one attached hydrogen (secondary N) is 1. The van der Waals surface area contributed by atoms with Crippen LogP contribution in [0.5, 0.6) is 5.75 Å². The summed E-state index contributed by atoms with van der Waals surface area (Å²) in [6.07, 6.45) is -0.614. The summed E-state index contributed by atoms with van der Waals surface area (Å²) in [6, 6.07) is 4.54. The summed E-state index contributed by atoms with van der Waals surface area (Å²) >= 11 is 0. The van der Waals surface area contributed by atoms with E-state index >= 15 is 0 Å². The van der Waals surface area contributed by atoms with E-state index in [4.69, 9.17) is 0 Å². The van der Waals surface area contributed by atoms with Crippen LogP contribution >= 0.6 is 0 Å². The fourth-order valence-electron chi connectivity index (χ4n) is 1.27. The van der Waals surface area contributed by atoms with Crippen molar-refractivity contribution >= 4 is 11.9 Å². The van der Waals surface area contributed by atoms with Crippen molar-refractivity contribution in [3.05, 3.63) is 29.3 Å². The largest absolute Gasteiger partial charge is 0.508 e. The minimum absolute atomic E-state index is 0.122. The lowest BCUT2D eigenvalue weighted by molar-refractivity contribution is 0.0979. The van der Waals surface area contributed by atoms with Crippen molar-refractivity contribution in [3.63, 3.8) is 0 Å². The number of phenols is 1. The van der Waals surface area contributed by atoms with Gasteiger partial charge < -0.3 is 15.2 Å². The summed E-state index contributed by atoms with van der Waals surface area (Å²) in [5.74, 6) is -0.0962. The molecule has 0 aliphatic heterocycles. The van der Waals surface area contributed by atoms with Crippen molar-refractivity contribution in [2.75, 3.05) is 13.2 Å². The van der Waals surface area contributed by atoms with Crippen LogP contribution in [0.15, 0.2) is 18.2 Å². The highest BCUT2D eigenvalue weighted by Crippen LogP contribution is 2.16. The summed E-state index contributed by atoms with van der Waals surface area (Å²) in [4.78, 5) is 22.6. The molecule has 5 heteroatoms. The second kappa shape index (κ2) is 5.89. The molecule has 0 spiro atoms. The molecule has 0 bridgehead atoms. The topological polar surface area (TPSA) is 75.6 Å². The van der Waals surface area contributed by atoms with E-state index in [1.165, 1.54) is 12.1 Å². The van der Waals surface area contributed by atoms with Gasteiger partial charge in [0.05, 0.1) is 13.2 Å². The lowest BCUT2D eigenvalue weighted by atomic mass is 10.1. The summed E-state index contributed by atoms with van der Waals surface area (Å²) in [7, 11) is 0. The fraction of sp³-hybridized carbons (Fsp3) is 0.333. The van der Waals surface area contributed by atoms with Gasteiger partial charge in [-0.25, -0.2) is 4.79 Å². The number of hydrogen-bond acceptors (Lipinski definition) is 4. The molecule has 0 saturated heterocycles. The molecule has 0 aliphatic carbocycles. The van der Waals surface area contributed by atoms with Gasteiger partial charge in [0.25, 0.3) is 0 Å². The van der Waals surface area contributed by atoms with Crippen LogP contribution in [0.4, 0.5) is 4.79 Å². The first-order chi connectivity index (χ1) is 8.04. The third-order valence-corrected chi connectivity index (χ3v) is 2.19. The van der Waals surface area contributed by atoms with E-state index in [9.17, 15) is 14.7 Å². The number of rotatable bonds is 4. The first kappa shape index (κ1) is 13.0. The van der Waals surface area contributed by atoms with E-state index in [2.05, 4.69) is 10.1 Å². The predicted octanol–water partition coefficient (Wildman–Crippen LogP) is 1.63. The van der Waals surface area contributed by atoms with Crippen LogP contribution in [-0.2, 0) is 4.74 Å². The molecule has 1 aromatic rings. The van der Waals surface area contributed by atoms with Crippen LogP contribution in [0, 0.1) is 6.92 Å². The molecule has 0 radical (unpaired) electrons. The molecule has 2 N–H and O–H groups in total. The van der Waals surface area contributed by atoms with Gasteiger partial charge in [0.15, 0.2) is 5.78 Å². The number of Topliss-reactive ketones (excluding diaryl/α,β-unsaturated/α-hetero) is 1. The molecule has 1 aromatic carbocycles. The van der Waals surface area contributed by atoms with Crippen LogP contribution in [0.3, 0.4) is 0 Å². The number of ketones is 1. The number of ether oxygens (including phenoxy) is 1. The van der Waals surface area contributed by atoms with Gasteiger partial charge in [0, 0.05) is 5.56 Å². The minimum Gasteiger partial charge on any atom is -0.508 e. The van der Waals surface area contributed by atoms with Gasteiger partial charge in [-0.3, -0.25) is 4.79 Å². The number of aryl methyl sites for hydroxylation is 1. The standard InChI is InChI=1S/C12H15NO4/c1-3-17-12(16)13-7-11(15)9-4-5-10(14)8(2)6-9/h4-6,14H,3,7H2,1-2H3,(H,13,16). The van der Waals surface area contributed by atoms with Gasteiger partial charge in [-0.05, 0) is 37.6 Å². The number of alkyl carbamates (subject to hydrolysis) is 1. The number of carbonyl (C=O) groups excluding carboxylic acids is 2. The molecule has 0 fully saturated rings. The number of hydrogen-bond donors (Lipinski definition) is 2. The quantitative estimate of drug-likeness (QED) is 0.780. The van der Waals surface area contributed by atoms with Gasteiger partial charge >= 0.3 is 6.09 Å². The Morgan fingerprint density at radius 1 is 1.41 bits per heavy atom. The second-order valence-electron chi connectivity index (χ2n) is 3.50. The Kier molecular flexibility index (Phi) is 4.51. The molecule has 0 atom stereocenters. The number of benzene rings is 1. The summed E-state index contributed by atoms with van der Waals surface area (Å²) < 4.78 is 4.63. The van der Waals surface area contributed by atoms with Crippen molar-refractivity contribution in [3.8, 4) is 5.75 Å². The number of aromatic hydroxyl groups is 1. The molecule has 17 heavy (non-hydrogen) atoms. The Morgan fingerprint density at radius 2 is 2.12 bits per heavy atom. The maximum Gasteiger partial charge on any atom is 0.407 e. The van der Waals surface area contributed by atoms with Crippen LogP contribution in [0.1, 0.15) is 22.8 Å². The molecular weight excluding hydrogens is 222 g/mol. The summed E-state index contributed by atoms with van der Waals surface area (Å²) in [5.41, 5.74) is 1.06. The monoisotopic (exact) mass is 237 g/mol. The summed E-state index contributed by atoms with van der Waals surface area (Å²) in [6.45, 7) is 3.52. The molecule has 5 nitrogen and oxygen atoms in total. The average molecular weight is 237 g/mol. The molecule has 0 aliphatic rings. The zero-order valence-electron chi connectivity index (χ0n) is 9.82. The molecule has 1 amide bonds.